The molecule has 1 fully saturated rings. The number of halogens is 1. The lowest BCUT2D eigenvalue weighted by Crippen LogP contribution is -2.25. The van der Waals surface area contributed by atoms with Crippen molar-refractivity contribution in [1.82, 2.24) is 5.32 Å². The number of hydrogen-bond acceptors (Lipinski definition) is 5. The first kappa shape index (κ1) is 15.5. The summed E-state index contributed by atoms with van der Waals surface area (Å²) >= 11 is 6.42. The fourth-order valence-corrected chi connectivity index (χ4v) is 3.73. The molecule has 0 radical (unpaired) electrons. The fourth-order valence-electron chi connectivity index (χ4n) is 1.92. The highest BCUT2D eigenvalue weighted by molar-refractivity contribution is 9.10. The smallest absolute Gasteiger partial charge is 0.239 e. The molecule has 3 rings (SSSR count). The first-order valence-electron chi connectivity index (χ1n) is 6.57. The van der Waals surface area contributed by atoms with Gasteiger partial charge in [0.15, 0.2) is 5.17 Å². The van der Waals surface area contributed by atoms with Gasteiger partial charge < -0.3 is 5.32 Å². The number of thiophene rings is 1. The normalized spacial score (nSPS) is 20.0. The Labute approximate surface area is 144 Å². The molecule has 0 saturated carbocycles. The summed E-state index contributed by atoms with van der Waals surface area (Å²) in [6, 6.07) is 11.9. The molecule has 0 aliphatic carbocycles. The minimum absolute atomic E-state index is 0.0157. The van der Waals surface area contributed by atoms with Crippen LogP contribution in [0.1, 0.15) is 10.4 Å². The lowest BCUT2D eigenvalue weighted by atomic mass is 10.1. The highest BCUT2D eigenvalue weighted by Gasteiger charge is 2.30. The van der Waals surface area contributed by atoms with E-state index in [4.69, 9.17) is 0 Å². The molecule has 1 atom stereocenters. The molecule has 1 aliphatic heterocycles. The Morgan fingerprint density at radius 2 is 2.09 bits per heavy atom. The van der Waals surface area contributed by atoms with Crippen LogP contribution in [0.5, 0.6) is 0 Å². The summed E-state index contributed by atoms with van der Waals surface area (Å²) < 4.78 is 1.03. The van der Waals surface area contributed by atoms with Gasteiger partial charge in [-0.25, -0.2) is 0 Å². The summed E-state index contributed by atoms with van der Waals surface area (Å²) in [5.74, 6) is -0.0157. The second kappa shape index (κ2) is 7.21. The maximum absolute atomic E-state index is 12.0. The molecule has 0 unspecified atom stereocenters. The molecule has 4 nitrogen and oxygen atoms in total. The molecular formula is C15H12BrN3OS2. The van der Waals surface area contributed by atoms with Crippen LogP contribution in [-0.4, -0.2) is 22.5 Å². The van der Waals surface area contributed by atoms with E-state index in [0.717, 1.165) is 14.9 Å². The summed E-state index contributed by atoms with van der Waals surface area (Å²) in [6.07, 6.45) is 2.36. The Morgan fingerprint density at radius 1 is 1.27 bits per heavy atom. The lowest BCUT2D eigenvalue weighted by Gasteiger charge is -2.05. The number of carbonyl (C=O) groups excluding carboxylic acids is 1. The Bertz CT molecular complexity index is 711. The van der Waals surface area contributed by atoms with Crippen molar-refractivity contribution in [3.8, 4) is 0 Å². The van der Waals surface area contributed by atoms with E-state index < -0.39 is 0 Å². The van der Waals surface area contributed by atoms with E-state index in [-0.39, 0.29) is 11.2 Å². The molecule has 1 aromatic carbocycles. The van der Waals surface area contributed by atoms with Crippen molar-refractivity contribution in [3.63, 3.8) is 0 Å². The minimum atomic E-state index is -0.156. The molecule has 1 saturated heterocycles. The molecule has 1 N–H and O–H groups in total. The van der Waals surface area contributed by atoms with Gasteiger partial charge in [0.25, 0.3) is 0 Å². The second-order valence-electron chi connectivity index (χ2n) is 4.59. The topological polar surface area (TPSA) is 53.8 Å². The molecule has 1 aliphatic rings. The molecular weight excluding hydrogens is 382 g/mol. The SMILES string of the molecule is O=C1N/C(=N\N=C/c2cccs2)S[C@H]1Cc1ccc(Br)cc1. The summed E-state index contributed by atoms with van der Waals surface area (Å²) in [7, 11) is 0. The Hall–Kier alpha value is -1.44. The van der Waals surface area contributed by atoms with Crippen molar-refractivity contribution in [1.29, 1.82) is 0 Å². The van der Waals surface area contributed by atoms with Crippen molar-refractivity contribution < 1.29 is 4.79 Å². The largest absolute Gasteiger partial charge is 0.303 e. The van der Waals surface area contributed by atoms with E-state index in [1.807, 2.05) is 41.8 Å². The van der Waals surface area contributed by atoms with Crippen molar-refractivity contribution >= 4 is 56.3 Å². The van der Waals surface area contributed by atoms with Gasteiger partial charge in [0.2, 0.25) is 5.91 Å². The van der Waals surface area contributed by atoms with Gasteiger partial charge in [-0.1, -0.05) is 45.9 Å². The van der Waals surface area contributed by atoms with Crippen LogP contribution in [0.2, 0.25) is 0 Å². The van der Waals surface area contributed by atoms with Gasteiger partial charge in [0.1, 0.15) is 0 Å². The number of amidine groups is 1. The summed E-state index contributed by atoms with van der Waals surface area (Å²) in [5, 5.41) is 13.2. The van der Waals surface area contributed by atoms with Gasteiger partial charge in [-0.15, -0.1) is 16.4 Å². The third-order valence-corrected chi connectivity index (χ3v) is 5.40. The zero-order valence-corrected chi connectivity index (χ0v) is 14.6. The van der Waals surface area contributed by atoms with Crippen molar-refractivity contribution in [2.24, 2.45) is 10.2 Å². The molecule has 1 aromatic heterocycles. The van der Waals surface area contributed by atoms with Crippen molar-refractivity contribution in [3.05, 3.63) is 56.7 Å². The van der Waals surface area contributed by atoms with E-state index in [9.17, 15) is 4.79 Å². The number of carbonyl (C=O) groups is 1. The van der Waals surface area contributed by atoms with Crippen LogP contribution in [0.15, 0.2) is 56.5 Å². The molecule has 2 aromatic rings. The number of nitrogens with zero attached hydrogens (tertiary/aromatic N) is 2. The fraction of sp³-hybridized carbons (Fsp3) is 0.133. The maximum atomic E-state index is 12.0. The first-order valence-corrected chi connectivity index (χ1v) is 9.12. The number of hydrogen-bond donors (Lipinski definition) is 1. The average molecular weight is 394 g/mol. The molecule has 0 bridgehead atoms. The monoisotopic (exact) mass is 393 g/mol. The highest BCUT2D eigenvalue weighted by Crippen LogP contribution is 2.24. The zero-order valence-electron chi connectivity index (χ0n) is 11.4. The second-order valence-corrected chi connectivity index (χ2v) is 7.68. The number of benzene rings is 1. The van der Waals surface area contributed by atoms with Crippen LogP contribution < -0.4 is 5.32 Å². The van der Waals surface area contributed by atoms with Crippen LogP contribution in [0, 0.1) is 0 Å². The van der Waals surface area contributed by atoms with Gasteiger partial charge in [-0.2, -0.15) is 5.10 Å². The third kappa shape index (κ3) is 4.06. The number of thioether (sulfide) groups is 1. The van der Waals surface area contributed by atoms with E-state index >= 15 is 0 Å². The van der Waals surface area contributed by atoms with Crippen LogP contribution >= 0.6 is 39.0 Å². The van der Waals surface area contributed by atoms with Crippen LogP contribution in [0.3, 0.4) is 0 Å². The van der Waals surface area contributed by atoms with E-state index in [2.05, 4.69) is 31.4 Å². The molecule has 0 spiro atoms. The van der Waals surface area contributed by atoms with E-state index in [1.165, 1.54) is 11.8 Å². The standard InChI is InChI=1S/C15H12BrN3OS2/c16-11-5-3-10(4-6-11)8-13-14(20)18-15(22-13)19-17-9-12-2-1-7-21-12/h1-7,9,13H,8H2,(H,18,19,20)/b17-9-/t13-/m0/s1. The van der Waals surface area contributed by atoms with Gasteiger partial charge in [0.05, 0.1) is 11.5 Å². The first-order chi connectivity index (χ1) is 10.7. The average Bonchev–Trinajstić information content (AvgIpc) is 3.12. The number of rotatable bonds is 4. The zero-order chi connectivity index (χ0) is 15.4. The molecule has 2 heterocycles. The number of amides is 1. The molecule has 22 heavy (non-hydrogen) atoms. The van der Waals surface area contributed by atoms with Gasteiger partial charge in [0, 0.05) is 9.35 Å². The Morgan fingerprint density at radius 3 is 2.82 bits per heavy atom. The minimum Gasteiger partial charge on any atom is -0.303 e. The summed E-state index contributed by atoms with van der Waals surface area (Å²) in [4.78, 5) is 13.0. The van der Waals surface area contributed by atoms with Crippen LogP contribution in [-0.2, 0) is 11.2 Å². The van der Waals surface area contributed by atoms with E-state index in [0.29, 0.717) is 11.6 Å². The summed E-state index contributed by atoms with van der Waals surface area (Å²) in [5.41, 5.74) is 1.12. The van der Waals surface area contributed by atoms with Crippen molar-refractivity contribution in [2.75, 3.05) is 0 Å². The predicted octanol–water partition coefficient (Wildman–Crippen LogP) is 3.67. The summed E-state index contributed by atoms with van der Waals surface area (Å²) in [6.45, 7) is 0. The molecule has 1 amide bonds. The van der Waals surface area contributed by atoms with Crippen LogP contribution in [0.25, 0.3) is 0 Å². The van der Waals surface area contributed by atoms with Crippen molar-refractivity contribution in [2.45, 2.75) is 11.7 Å². The predicted molar refractivity (Wildman–Crippen MR) is 96.7 cm³/mol. The number of nitrogens with one attached hydrogen (secondary N) is 1. The Balaban J connectivity index is 1.61. The maximum Gasteiger partial charge on any atom is 0.239 e. The van der Waals surface area contributed by atoms with E-state index in [1.54, 1.807) is 17.6 Å². The molecule has 7 heteroatoms. The Kier molecular flexibility index (Phi) is 5.07. The molecule has 112 valence electrons. The van der Waals surface area contributed by atoms with Gasteiger partial charge in [-0.3, -0.25) is 4.79 Å². The van der Waals surface area contributed by atoms with Gasteiger partial charge >= 0.3 is 0 Å². The quantitative estimate of drug-likeness (QED) is 0.636. The highest BCUT2D eigenvalue weighted by atomic mass is 79.9. The lowest BCUT2D eigenvalue weighted by molar-refractivity contribution is -0.118. The van der Waals surface area contributed by atoms with Crippen LogP contribution in [0.4, 0.5) is 0 Å². The van der Waals surface area contributed by atoms with Gasteiger partial charge in [-0.05, 0) is 35.6 Å². The third-order valence-electron chi connectivity index (χ3n) is 2.99.